The van der Waals surface area contributed by atoms with Crippen LogP contribution in [0.3, 0.4) is 0 Å². The average Bonchev–Trinajstić information content (AvgIpc) is 2.56. The Morgan fingerprint density at radius 2 is 2.13 bits per heavy atom. The predicted octanol–water partition coefficient (Wildman–Crippen LogP) is 3.61. The van der Waals surface area contributed by atoms with Crippen LogP contribution in [-0.4, -0.2) is 12.6 Å². The second kappa shape index (κ2) is 3.51. The van der Waals surface area contributed by atoms with Crippen molar-refractivity contribution in [2.75, 3.05) is 11.4 Å². The lowest BCUT2D eigenvalue weighted by Gasteiger charge is -2.41. The van der Waals surface area contributed by atoms with Crippen molar-refractivity contribution in [3.8, 4) is 0 Å². The summed E-state index contributed by atoms with van der Waals surface area (Å²) in [7, 11) is 0. The third-order valence-electron chi connectivity index (χ3n) is 3.77. The molecule has 1 nitrogen and oxygen atoms in total. The van der Waals surface area contributed by atoms with Crippen LogP contribution in [-0.2, 0) is 6.42 Å². The van der Waals surface area contributed by atoms with E-state index in [1.807, 2.05) is 0 Å². The van der Waals surface area contributed by atoms with Crippen LogP contribution in [0.5, 0.6) is 0 Å². The smallest absolute Gasteiger partial charge is 0.0413 e. The van der Waals surface area contributed by atoms with Crippen LogP contribution in [0.4, 0.5) is 5.69 Å². The number of hydrogen-bond donors (Lipinski definition) is 0. The lowest BCUT2D eigenvalue weighted by molar-refractivity contribution is 0.276. The number of fused-ring (bicyclic) bond motifs is 1. The molecule has 1 aliphatic heterocycles. The highest BCUT2D eigenvalue weighted by atomic mass is 79.9. The molecule has 2 aliphatic rings. The van der Waals surface area contributed by atoms with Crippen molar-refractivity contribution in [1.82, 2.24) is 0 Å². The number of halogens is 1. The van der Waals surface area contributed by atoms with E-state index in [9.17, 15) is 0 Å². The summed E-state index contributed by atoms with van der Waals surface area (Å²) in [5.74, 6) is 0.936. The van der Waals surface area contributed by atoms with Crippen LogP contribution >= 0.6 is 15.9 Å². The maximum atomic E-state index is 3.57. The lowest BCUT2D eigenvalue weighted by Crippen LogP contribution is -2.43. The van der Waals surface area contributed by atoms with Gasteiger partial charge in [-0.15, -0.1) is 0 Å². The van der Waals surface area contributed by atoms with Gasteiger partial charge in [0.15, 0.2) is 0 Å². The van der Waals surface area contributed by atoms with E-state index >= 15 is 0 Å². The first-order chi connectivity index (χ1) is 7.24. The van der Waals surface area contributed by atoms with Gasteiger partial charge in [-0.2, -0.15) is 0 Å². The minimum atomic E-state index is 0.815. The Labute approximate surface area is 99.6 Å². The molecular formula is C13H16BrN. The molecule has 15 heavy (non-hydrogen) atoms. The summed E-state index contributed by atoms with van der Waals surface area (Å²) in [6.45, 7) is 3.58. The normalized spacial score (nSPS) is 28.8. The quantitative estimate of drug-likeness (QED) is 0.750. The summed E-state index contributed by atoms with van der Waals surface area (Å²) >= 11 is 3.57. The molecule has 0 saturated heterocycles. The number of hydrogen-bond acceptors (Lipinski definition) is 1. The van der Waals surface area contributed by atoms with Crippen molar-refractivity contribution in [2.24, 2.45) is 5.92 Å². The van der Waals surface area contributed by atoms with E-state index in [0.717, 1.165) is 12.0 Å². The molecule has 1 aromatic rings. The highest BCUT2D eigenvalue weighted by molar-refractivity contribution is 9.10. The zero-order chi connectivity index (χ0) is 10.4. The largest absolute Gasteiger partial charge is 0.368 e. The molecule has 0 bridgehead atoms. The Balaban J connectivity index is 1.87. The van der Waals surface area contributed by atoms with E-state index in [4.69, 9.17) is 0 Å². The molecule has 0 amide bonds. The highest BCUT2D eigenvalue weighted by Crippen LogP contribution is 2.39. The first-order valence-corrected chi connectivity index (χ1v) is 6.58. The van der Waals surface area contributed by atoms with E-state index < -0.39 is 0 Å². The number of anilines is 1. The molecule has 0 atom stereocenters. The molecule has 0 N–H and O–H groups in total. The number of benzene rings is 1. The van der Waals surface area contributed by atoms with Gasteiger partial charge in [0.05, 0.1) is 0 Å². The van der Waals surface area contributed by atoms with Gasteiger partial charge < -0.3 is 4.90 Å². The van der Waals surface area contributed by atoms with Gasteiger partial charge in [-0.1, -0.05) is 28.9 Å². The fourth-order valence-corrected chi connectivity index (χ4v) is 3.22. The van der Waals surface area contributed by atoms with Gasteiger partial charge >= 0.3 is 0 Å². The summed E-state index contributed by atoms with van der Waals surface area (Å²) in [5, 5.41) is 0. The first kappa shape index (κ1) is 9.71. The number of rotatable bonds is 1. The van der Waals surface area contributed by atoms with Crippen molar-refractivity contribution in [1.29, 1.82) is 0 Å². The standard InChI is InChI=1S/C13H16BrN/c1-9-6-12(7-9)15-5-4-10-2-3-11(14)8-13(10)15/h2-3,8-9,12H,4-7H2,1H3. The fraction of sp³-hybridized carbons (Fsp3) is 0.538. The maximum absolute atomic E-state index is 3.57. The summed E-state index contributed by atoms with van der Waals surface area (Å²) in [6, 6.07) is 7.52. The Hall–Kier alpha value is -0.500. The fourth-order valence-electron chi connectivity index (χ4n) is 2.87. The minimum Gasteiger partial charge on any atom is -0.368 e. The zero-order valence-electron chi connectivity index (χ0n) is 9.04. The molecule has 1 aromatic carbocycles. The van der Waals surface area contributed by atoms with Crippen molar-refractivity contribution in [3.63, 3.8) is 0 Å². The maximum Gasteiger partial charge on any atom is 0.0413 e. The van der Waals surface area contributed by atoms with Crippen LogP contribution in [0.15, 0.2) is 22.7 Å². The Kier molecular flexibility index (Phi) is 2.27. The average molecular weight is 266 g/mol. The van der Waals surface area contributed by atoms with Crippen LogP contribution in [0.2, 0.25) is 0 Å². The molecule has 1 aliphatic carbocycles. The van der Waals surface area contributed by atoms with Crippen molar-refractivity contribution in [3.05, 3.63) is 28.2 Å². The SMILES string of the molecule is CC1CC(N2CCc3ccc(Br)cc32)C1. The van der Waals surface area contributed by atoms with Gasteiger partial charge in [0, 0.05) is 22.7 Å². The second-order valence-corrected chi connectivity index (χ2v) is 5.86. The summed E-state index contributed by atoms with van der Waals surface area (Å²) < 4.78 is 1.21. The summed E-state index contributed by atoms with van der Waals surface area (Å²) in [6.07, 6.45) is 3.99. The van der Waals surface area contributed by atoms with Crippen molar-refractivity contribution >= 4 is 21.6 Å². The predicted molar refractivity (Wildman–Crippen MR) is 67.4 cm³/mol. The topological polar surface area (TPSA) is 3.24 Å². The van der Waals surface area contributed by atoms with E-state index in [1.54, 1.807) is 0 Å². The molecule has 2 heteroatoms. The lowest BCUT2D eigenvalue weighted by atomic mass is 9.81. The van der Waals surface area contributed by atoms with Gasteiger partial charge in [-0.3, -0.25) is 0 Å². The first-order valence-electron chi connectivity index (χ1n) is 5.79. The molecule has 0 unspecified atom stereocenters. The second-order valence-electron chi connectivity index (χ2n) is 4.95. The Morgan fingerprint density at radius 3 is 2.87 bits per heavy atom. The third-order valence-corrected chi connectivity index (χ3v) is 4.26. The molecule has 1 heterocycles. The molecule has 80 valence electrons. The molecule has 0 radical (unpaired) electrons. The Morgan fingerprint density at radius 1 is 1.33 bits per heavy atom. The van der Waals surface area contributed by atoms with Crippen LogP contribution in [0.25, 0.3) is 0 Å². The van der Waals surface area contributed by atoms with E-state index in [2.05, 4.69) is 46.0 Å². The van der Waals surface area contributed by atoms with Gasteiger partial charge in [0.2, 0.25) is 0 Å². The van der Waals surface area contributed by atoms with Crippen LogP contribution in [0.1, 0.15) is 25.3 Å². The number of nitrogens with zero attached hydrogens (tertiary/aromatic N) is 1. The van der Waals surface area contributed by atoms with E-state index in [-0.39, 0.29) is 0 Å². The molecule has 1 saturated carbocycles. The monoisotopic (exact) mass is 265 g/mol. The van der Waals surface area contributed by atoms with Crippen LogP contribution < -0.4 is 4.90 Å². The van der Waals surface area contributed by atoms with E-state index in [0.29, 0.717) is 0 Å². The summed E-state index contributed by atoms with van der Waals surface area (Å²) in [5.41, 5.74) is 3.00. The van der Waals surface area contributed by atoms with Crippen LogP contribution in [0, 0.1) is 5.92 Å². The Bertz CT molecular complexity index is 382. The molecule has 0 spiro atoms. The van der Waals surface area contributed by atoms with Gasteiger partial charge in [0.1, 0.15) is 0 Å². The molecule has 3 rings (SSSR count). The van der Waals surface area contributed by atoms with E-state index in [1.165, 1.54) is 41.5 Å². The highest BCUT2D eigenvalue weighted by Gasteiger charge is 2.33. The molecular weight excluding hydrogens is 250 g/mol. The zero-order valence-corrected chi connectivity index (χ0v) is 10.6. The van der Waals surface area contributed by atoms with Gasteiger partial charge in [-0.05, 0) is 42.9 Å². The third kappa shape index (κ3) is 1.59. The molecule has 1 fully saturated rings. The summed E-state index contributed by atoms with van der Waals surface area (Å²) in [4.78, 5) is 2.61. The minimum absolute atomic E-state index is 0.815. The van der Waals surface area contributed by atoms with Crippen molar-refractivity contribution < 1.29 is 0 Å². The van der Waals surface area contributed by atoms with Gasteiger partial charge in [-0.25, -0.2) is 0 Å². The van der Waals surface area contributed by atoms with Crippen molar-refractivity contribution in [2.45, 2.75) is 32.2 Å². The van der Waals surface area contributed by atoms with Gasteiger partial charge in [0.25, 0.3) is 0 Å². The molecule has 0 aromatic heterocycles.